The zero-order chi connectivity index (χ0) is 18.5. The maximum absolute atomic E-state index is 12.5. The number of rotatable bonds is 4. The van der Waals surface area contributed by atoms with Crippen LogP contribution in [0.5, 0.6) is 0 Å². The van der Waals surface area contributed by atoms with Crippen LogP contribution in [-0.4, -0.2) is 62.9 Å². The maximum Gasteiger partial charge on any atom is 0.277 e. The molecule has 5 rings (SSSR count). The summed E-state index contributed by atoms with van der Waals surface area (Å²) in [7, 11) is 0. The molecule has 27 heavy (non-hydrogen) atoms. The van der Waals surface area contributed by atoms with Crippen LogP contribution in [0.3, 0.4) is 0 Å². The molecule has 0 amide bonds. The van der Waals surface area contributed by atoms with E-state index in [1.165, 1.54) is 0 Å². The van der Waals surface area contributed by atoms with E-state index in [-0.39, 0.29) is 24.9 Å². The maximum atomic E-state index is 12.5. The predicted octanol–water partition coefficient (Wildman–Crippen LogP) is -2.25. The van der Waals surface area contributed by atoms with Crippen LogP contribution in [0.25, 0.3) is 0 Å². The quantitative estimate of drug-likeness (QED) is 0.478. The smallest absolute Gasteiger partial charge is 0.277 e. The second-order valence-electron chi connectivity index (χ2n) is 7.13. The van der Waals surface area contributed by atoms with Crippen LogP contribution < -0.4 is 21.3 Å². The van der Waals surface area contributed by atoms with Gasteiger partial charge in [-0.1, -0.05) is 0 Å². The predicted molar refractivity (Wildman–Crippen MR) is 92.9 cm³/mol. The molecule has 3 aliphatic rings. The van der Waals surface area contributed by atoms with Crippen LogP contribution >= 0.6 is 0 Å². The number of H-pyrrole nitrogens is 2. The number of hydrogen-bond donors (Lipinski definition) is 4. The van der Waals surface area contributed by atoms with E-state index in [0.717, 1.165) is 16.9 Å². The van der Waals surface area contributed by atoms with Crippen LogP contribution in [0.1, 0.15) is 17.7 Å². The van der Waals surface area contributed by atoms with Crippen molar-refractivity contribution in [3.05, 3.63) is 45.0 Å². The Morgan fingerprint density at radius 3 is 3.04 bits per heavy atom. The molecule has 0 saturated carbocycles. The number of fused-ring (bicyclic) bond motifs is 3. The number of anilines is 1. The van der Waals surface area contributed by atoms with E-state index < -0.39 is 18.4 Å². The molecule has 2 aromatic rings. The third kappa shape index (κ3) is 2.68. The van der Waals surface area contributed by atoms with Crippen molar-refractivity contribution in [2.24, 2.45) is 9.98 Å². The molecule has 0 radical (unpaired) electrons. The van der Waals surface area contributed by atoms with E-state index in [1.54, 1.807) is 12.5 Å². The lowest BCUT2D eigenvalue weighted by Gasteiger charge is -2.26. The van der Waals surface area contributed by atoms with Crippen LogP contribution in [-0.2, 0) is 17.6 Å². The molecule has 10 heteroatoms. The van der Waals surface area contributed by atoms with Gasteiger partial charge in [-0.3, -0.25) is 14.8 Å². The zero-order valence-electron chi connectivity index (χ0n) is 14.5. The molecule has 4 N–H and O–H groups in total. The van der Waals surface area contributed by atoms with Gasteiger partial charge in [-0.05, 0) is 0 Å². The summed E-state index contributed by atoms with van der Waals surface area (Å²) in [6.45, 7) is 0.0419. The standard InChI is InChI=1S/C17H20N6O4/c24-5-12-11(25)3-13(27-12)23-7-20-14-15(23)10-2-8(1-9-4-18-6-19-9)21-16(10)22-17(14)26/h4,6,8,11-13,24-25H,1-3,5,7H2,(H,18,19)(H,21,22,26)/t8?,11-,12+,13+/m0/s1. The molecule has 3 aliphatic heterocycles. The summed E-state index contributed by atoms with van der Waals surface area (Å²) < 4.78 is 5.79. The van der Waals surface area contributed by atoms with E-state index in [1.807, 2.05) is 4.90 Å². The number of aromatic amines is 2. The normalized spacial score (nSPS) is 28.7. The highest BCUT2D eigenvalue weighted by Crippen LogP contribution is 2.30. The van der Waals surface area contributed by atoms with Crippen molar-refractivity contribution in [1.29, 1.82) is 0 Å². The second-order valence-corrected chi connectivity index (χ2v) is 7.13. The Balaban J connectivity index is 1.48. The van der Waals surface area contributed by atoms with Gasteiger partial charge >= 0.3 is 0 Å². The van der Waals surface area contributed by atoms with Gasteiger partial charge in [0, 0.05) is 36.7 Å². The SMILES string of the molecule is O=c1[nH]c2c(c3c1=NCN3[C@H]1C[C@H](O)[C@@H](CO)O1)CC(Cc1cnc[nH]1)N=2. The highest BCUT2D eigenvalue weighted by atomic mass is 16.5. The van der Waals surface area contributed by atoms with E-state index in [0.29, 0.717) is 30.1 Å². The molecule has 1 fully saturated rings. The summed E-state index contributed by atoms with van der Waals surface area (Å²) in [5, 5.41) is 19.8. The summed E-state index contributed by atoms with van der Waals surface area (Å²) in [4.78, 5) is 33.4. The molecule has 1 saturated heterocycles. The van der Waals surface area contributed by atoms with Gasteiger partial charge in [-0.2, -0.15) is 0 Å². The molecule has 5 heterocycles. The fraction of sp³-hybridized carbons (Fsp3) is 0.529. The van der Waals surface area contributed by atoms with Crippen molar-refractivity contribution in [1.82, 2.24) is 15.0 Å². The highest BCUT2D eigenvalue weighted by Gasteiger charge is 2.40. The lowest BCUT2D eigenvalue weighted by Crippen LogP contribution is -2.41. The number of nitrogens with one attached hydrogen (secondary N) is 2. The number of ether oxygens (including phenoxy) is 1. The van der Waals surface area contributed by atoms with Crippen molar-refractivity contribution in [3.63, 3.8) is 0 Å². The Morgan fingerprint density at radius 1 is 1.41 bits per heavy atom. The van der Waals surface area contributed by atoms with Gasteiger partial charge in [0.05, 0.1) is 30.8 Å². The summed E-state index contributed by atoms with van der Waals surface area (Å²) in [6.07, 6.45) is 3.36. The van der Waals surface area contributed by atoms with Gasteiger partial charge in [-0.15, -0.1) is 0 Å². The van der Waals surface area contributed by atoms with Gasteiger partial charge in [0.2, 0.25) is 0 Å². The van der Waals surface area contributed by atoms with E-state index >= 15 is 0 Å². The number of hydrogen-bond acceptors (Lipinski definition) is 8. The van der Waals surface area contributed by atoms with Gasteiger partial charge in [0.15, 0.2) is 0 Å². The second kappa shape index (κ2) is 6.25. The molecule has 0 aliphatic carbocycles. The average molecular weight is 372 g/mol. The van der Waals surface area contributed by atoms with E-state index in [2.05, 4.69) is 24.9 Å². The fourth-order valence-electron chi connectivity index (χ4n) is 4.12. The van der Waals surface area contributed by atoms with Gasteiger partial charge in [0.25, 0.3) is 5.56 Å². The molecular weight excluding hydrogens is 352 g/mol. The number of aliphatic hydroxyl groups excluding tert-OH is 2. The van der Waals surface area contributed by atoms with Crippen molar-refractivity contribution in [2.75, 3.05) is 18.2 Å². The lowest BCUT2D eigenvalue weighted by molar-refractivity contribution is -0.0219. The highest BCUT2D eigenvalue weighted by molar-refractivity contribution is 5.55. The van der Waals surface area contributed by atoms with Crippen LogP contribution in [0.4, 0.5) is 5.69 Å². The van der Waals surface area contributed by atoms with Crippen LogP contribution in [0, 0.1) is 0 Å². The molecule has 1 unspecified atom stereocenters. The van der Waals surface area contributed by atoms with Crippen molar-refractivity contribution < 1.29 is 14.9 Å². The number of aliphatic hydroxyl groups is 2. The van der Waals surface area contributed by atoms with Gasteiger partial charge in [0.1, 0.15) is 29.8 Å². The number of aromatic nitrogens is 3. The minimum absolute atomic E-state index is 0.00493. The zero-order valence-corrected chi connectivity index (χ0v) is 14.5. The van der Waals surface area contributed by atoms with Gasteiger partial charge in [-0.25, -0.2) is 4.98 Å². The summed E-state index contributed by atoms with van der Waals surface area (Å²) in [6, 6.07) is 0.00493. The molecule has 2 aromatic heterocycles. The largest absolute Gasteiger partial charge is 0.394 e. The summed E-state index contributed by atoms with van der Waals surface area (Å²) >= 11 is 0. The first kappa shape index (κ1) is 16.6. The van der Waals surface area contributed by atoms with Crippen LogP contribution in [0.2, 0.25) is 0 Å². The third-order valence-electron chi connectivity index (χ3n) is 5.40. The first-order valence-electron chi connectivity index (χ1n) is 9.00. The Labute approximate surface area is 153 Å². The lowest BCUT2D eigenvalue weighted by atomic mass is 10.0. The average Bonchev–Trinajstić information content (AvgIpc) is 3.40. The molecular formula is C17H20N6O4. The molecule has 10 nitrogen and oxygen atoms in total. The number of imidazole rings is 1. The first-order chi connectivity index (χ1) is 13.1. The Hall–Kier alpha value is -2.56. The number of nitrogens with zero attached hydrogens (tertiary/aromatic N) is 4. The molecule has 0 aromatic carbocycles. The summed E-state index contributed by atoms with van der Waals surface area (Å²) in [5.74, 6) is 0. The molecule has 4 atom stereocenters. The topological polar surface area (TPSA) is 139 Å². The third-order valence-corrected chi connectivity index (χ3v) is 5.40. The van der Waals surface area contributed by atoms with Crippen LogP contribution in [0.15, 0.2) is 27.3 Å². The molecule has 142 valence electrons. The Kier molecular flexibility index (Phi) is 3.85. The Morgan fingerprint density at radius 2 is 2.30 bits per heavy atom. The fourth-order valence-corrected chi connectivity index (χ4v) is 4.12. The van der Waals surface area contributed by atoms with E-state index in [9.17, 15) is 15.0 Å². The van der Waals surface area contributed by atoms with Gasteiger partial charge < -0.3 is 29.8 Å². The van der Waals surface area contributed by atoms with E-state index in [4.69, 9.17) is 4.74 Å². The molecule has 0 bridgehead atoms. The monoisotopic (exact) mass is 372 g/mol. The minimum Gasteiger partial charge on any atom is -0.394 e. The number of pyridine rings is 1. The minimum atomic E-state index is -0.739. The first-order valence-corrected chi connectivity index (χ1v) is 9.00. The van der Waals surface area contributed by atoms with Crippen molar-refractivity contribution in [3.8, 4) is 0 Å². The van der Waals surface area contributed by atoms with Crippen molar-refractivity contribution >= 4 is 5.69 Å². The Bertz CT molecular complexity index is 1030. The van der Waals surface area contributed by atoms with Crippen molar-refractivity contribution in [2.45, 2.75) is 43.7 Å². The summed E-state index contributed by atoms with van der Waals surface area (Å²) in [5.41, 5.74) is 2.99. The molecule has 0 spiro atoms.